The van der Waals surface area contributed by atoms with Crippen LogP contribution in [0.4, 0.5) is 0 Å². The lowest BCUT2D eigenvalue weighted by molar-refractivity contribution is 0.378. The average Bonchev–Trinajstić information content (AvgIpc) is 3.17. The number of hydrogen-bond acceptors (Lipinski definition) is 7. The minimum atomic E-state index is -0.134. The molecular weight excluding hydrogens is 324 g/mol. The van der Waals surface area contributed by atoms with Gasteiger partial charge in [0.05, 0.1) is 11.5 Å². The first-order valence-electron chi connectivity index (χ1n) is 7.72. The van der Waals surface area contributed by atoms with E-state index in [-0.39, 0.29) is 5.41 Å². The smallest absolute Gasteiger partial charge is 0.236 e. The fourth-order valence-corrected chi connectivity index (χ4v) is 2.66. The van der Waals surface area contributed by atoms with E-state index in [1.165, 1.54) is 5.56 Å². The molecule has 3 aromatic rings. The highest BCUT2D eigenvalue weighted by Crippen LogP contribution is 2.23. The molecule has 2 heterocycles. The van der Waals surface area contributed by atoms with Gasteiger partial charge in [-0.05, 0) is 6.92 Å². The second-order valence-electron chi connectivity index (χ2n) is 6.62. The Bertz CT molecular complexity index is 803. The monoisotopic (exact) mass is 344 g/mol. The lowest BCUT2D eigenvalue weighted by atomic mass is 9.97. The normalized spacial score (nSPS) is 11.8. The van der Waals surface area contributed by atoms with Crippen LogP contribution in [0.15, 0.2) is 33.2 Å². The summed E-state index contributed by atoms with van der Waals surface area (Å²) >= 11 is 1.60. The Labute approximate surface area is 145 Å². The third-order valence-electron chi connectivity index (χ3n) is 3.34. The van der Waals surface area contributed by atoms with Gasteiger partial charge in [0.2, 0.25) is 23.5 Å². The van der Waals surface area contributed by atoms with Crippen molar-refractivity contribution in [3.05, 3.63) is 47.5 Å². The van der Waals surface area contributed by atoms with E-state index >= 15 is 0 Å². The van der Waals surface area contributed by atoms with Crippen molar-refractivity contribution in [2.75, 3.05) is 0 Å². The van der Waals surface area contributed by atoms with Crippen LogP contribution in [-0.4, -0.2) is 20.3 Å². The highest BCUT2D eigenvalue weighted by Gasteiger charge is 2.21. The third-order valence-corrected chi connectivity index (χ3v) is 4.24. The van der Waals surface area contributed by atoms with Crippen LogP contribution in [0.3, 0.4) is 0 Å². The molecule has 0 atom stereocenters. The zero-order chi connectivity index (χ0) is 17.2. The molecule has 0 unspecified atom stereocenters. The van der Waals surface area contributed by atoms with Gasteiger partial charge in [-0.3, -0.25) is 0 Å². The van der Waals surface area contributed by atoms with Crippen molar-refractivity contribution < 1.29 is 8.94 Å². The maximum atomic E-state index is 5.66. The molecule has 0 amide bonds. The summed E-state index contributed by atoms with van der Waals surface area (Å²) in [6.07, 6.45) is 0. The van der Waals surface area contributed by atoms with Gasteiger partial charge < -0.3 is 8.94 Å². The first kappa shape index (κ1) is 16.7. The zero-order valence-corrected chi connectivity index (χ0v) is 15.1. The van der Waals surface area contributed by atoms with E-state index in [1.807, 2.05) is 52.0 Å². The standard InChI is InChI=1S/C17H20N4O2S/c1-11-5-7-12(8-6-11)15-18-13(23-21-15)9-24-10-14-19-20-16(22-14)17(2,3)4/h5-8H,9-10H2,1-4H3. The van der Waals surface area contributed by atoms with Gasteiger partial charge in [0.1, 0.15) is 0 Å². The van der Waals surface area contributed by atoms with E-state index in [1.54, 1.807) is 11.8 Å². The van der Waals surface area contributed by atoms with Gasteiger partial charge in [0.25, 0.3) is 0 Å². The molecule has 6 nitrogen and oxygen atoms in total. The Morgan fingerprint density at radius 3 is 2.38 bits per heavy atom. The van der Waals surface area contributed by atoms with E-state index in [2.05, 4.69) is 20.3 Å². The van der Waals surface area contributed by atoms with Gasteiger partial charge in [-0.1, -0.05) is 55.8 Å². The Morgan fingerprint density at radius 1 is 1.00 bits per heavy atom. The number of aryl methyl sites for hydroxylation is 1. The predicted molar refractivity (Wildman–Crippen MR) is 92.5 cm³/mol. The van der Waals surface area contributed by atoms with Gasteiger partial charge in [0.15, 0.2) is 0 Å². The fourth-order valence-electron chi connectivity index (χ4n) is 1.97. The predicted octanol–water partition coefficient (Wildman–Crippen LogP) is 4.16. The molecule has 0 radical (unpaired) electrons. The zero-order valence-electron chi connectivity index (χ0n) is 14.2. The Morgan fingerprint density at radius 2 is 1.71 bits per heavy atom. The van der Waals surface area contributed by atoms with Crippen LogP contribution in [-0.2, 0) is 16.9 Å². The van der Waals surface area contributed by atoms with Gasteiger partial charge >= 0.3 is 0 Å². The molecule has 2 aromatic heterocycles. The highest BCUT2D eigenvalue weighted by atomic mass is 32.2. The van der Waals surface area contributed by atoms with Crippen LogP contribution in [0.5, 0.6) is 0 Å². The summed E-state index contributed by atoms with van der Waals surface area (Å²) < 4.78 is 11.0. The summed E-state index contributed by atoms with van der Waals surface area (Å²) in [5, 5.41) is 12.2. The van der Waals surface area contributed by atoms with Crippen molar-refractivity contribution >= 4 is 11.8 Å². The van der Waals surface area contributed by atoms with Gasteiger partial charge in [-0.25, -0.2) is 0 Å². The first-order valence-corrected chi connectivity index (χ1v) is 8.87. The molecule has 3 rings (SSSR count). The van der Waals surface area contributed by atoms with Gasteiger partial charge in [0, 0.05) is 11.0 Å². The lowest BCUT2D eigenvalue weighted by Crippen LogP contribution is -2.11. The summed E-state index contributed by atoms with van der Waals surface area (Å²) in [6.45, 7) is 8.18. The van der Waals surface area contributed by atoms with E-state index in [0.717, 1.165) is 5.56 Å². The molecule has 1 aromatic carbocycles. The molecule has 0 fully saturated rings. The second kappa shape index (κ2) is 6.76. The van der Waals surface area contributed by atoms with Crippen LogP contribution >= 0.6 is 11.8 Å². The largest absolute Gasteiger partial charge is 0.424 e. The van der Waals surface area contributed by atoms with Crippen molar-refractivity contribution in [2.45, 2.75) is 44.6 Å². The van der Waals surface area contributed by atoms with Crippen LogP contribution in [0.1, 0.15) is 44.0 Å². The second-order valence-corrected chi connectivity index (χ2v) is 7.61. The summed E-state index contributed by atoms with van der Waals surface area (Å²) in [7, 11) is 0. The first-order chi connectivity index (χ1) is 11.4. The van der Waals surface area contributed by atoms with E-state index in [4.69, 9.17) is 8.94 Å². The molecule has 0 bridgehead atoms. The fraction of sp³-hybridized carbons (Fsp3) is 0.412. The Hall–Kier alpha value is -2.15. The van der Waals surface area contributed by atoms with Crippen molar-refractivity contribution in [1.82, 2.24) is 20.3 Å². The lowest BCUT2D eigenvalue weighted by Gasteiger charge is -2.10. The van der Waals surface area contributed by atoms with Crippen LogP contribution in [0, 0.1) is 6.92 Å². The quantitative estimate of drug-likeness (QED) is 0.687. The third kappa shape index (κ3) is 4.03. The van der Waals surface area contributed by atoms with Crippen LogP contribution in [0.25, 0.3) is 11.4 Å². The van der Waals surface area contributed by atoms with Gasteiger partial charge in [-0.15, -0.1) is 22.0 Å². The average molecular weight is 344 g/mol. The molecule has 0 aliphatic rings. The number of thioether (sulfide) groups is 1. The van der Waals surface area contributed by atoms with Crippen molar-refractivity contribution in [3.63, 3.8) is 0 Å². The minimum absolute atomic E-state index is 0.134. The molecule has 0 aliphatic heterocycles. The summed E-state index contributed by atoms with van der Waals surface area (Å²) in [6, 6.07) is 8.04. The molecule has 0 N–H and O–H groups in total. The number of rotatable bonds is 5. The van der Waals surface area contributed by atoms with E-state index in [0.29, 0.717) is 35.0 Å². The molecule has 0 aliphatic carbocycles. The Kier molecular flexibility index (Phi) is 4.71. The maximum absolute atomic E-state index is 5.66. The molecule has 7 heteroatoms. The molecule has 0 saturated carbocycles. The van der Waals surface area contributed by atoms with E-state index in [9.17, 15) is 0 Å². The molecule has 0 saturated heterocycles. The molecular formula is C17H20N4O2S. The van der Waals surface area contributed by atoms with Crippen LogP contribution in [0.2, 0.25) is 0 Å². The summed E-state index contributed by atoms with van der Waals surface area (Å²) in [5.74, 6) is 3.68. The molecule has 126 valence electrons. The van der Waals surface area contributed by atoms with Crippen molar-refractivity contribution in [3.8, 4) is 11.4 Å². The Balaban J connectivity index is 1.56. The topological polar surface area (TPSA) is 77.8 Å². The summed E-state index contributed by atoms with van der Waals surface area (Å²) in [5.41, 5.74) is 2.02. The molecule has 0 spiro atoms. The van der Waals surface area contributed by atoms with Crippen LogP contribution < -0.4 is 0 Å². The number of aromatic nitrogens is 4. The summed E-state index contributed by atoms with van der Waals surface area (Å²) in [4.78, 5) is 4.42. The van der Waals surface area contributed by atoms with Crippen molar-refractivity contribution in [2.24, 2.45) is 0 Å². The minimum Gasteiger partial charge on any atom is -0.424 e. The SMILES string of the molecule is Cc1ccc(-c2noc(CSCc3nnc(C(C)(C)C)o3)n2)cc1. The maximum Gasteiger partial charge on any atom is 0.236 e. The van der Waals surface area contributed by atoms with E-state index < -0.39 is 0 Å². The van der Waals surface area contributed by atoms with Crippen molar-refractivity contribution in [1.29, 1.82) is 0 Å². The number of benzene rings is 1. The number of nitrogens with zero attached hydrogens (tertiary/aromatic N) is 4. The number of hydrogen-bond donors (Lipinski definition) is 0. The molecule has 24 heavy (non-hydrogen) atoms. The van der Waals surface area contributed by atoms with Gasteiger partial charge in [-0.2, -0.15) is 4.98 Å². The highest BCUT2D eigenvalue weighted by molar-refractivity contribution is 7.97.